The van der Waals surface area contributed by atoms with Crippen molar-refractivity contribution < 1.29 is 23.4 Å². The first-order valence-electron chi connectivity index (χ1n) is 13.2. The molecule has 7 nitrogen and oxygen atoms in total. The number of anilines is 3. The Labute approximate surface area is 245 Å². The molecule has 0 amide bonds. The highest BCUT2D eigenvalue weighted by atomic mass is 127. The van der Waals surface area contributed by atoms with Crippen LogP contribution in [0.25, 0.3) is 0 Å². The minimum atomic E-state index is -1.33. The molecule has 0 aliphatic carbocycles. The van der Waals surface area contributed by atoms with Crippen LogP contribution in [0.15, 0.2) is 54.6 Å². The van der Waals surface area contributed by atoms with Gasteiger partial charge in [-0.3, -0.25) is 4.90 Å². The van der Waals surface area contributed by atoms with Crippen LogP contribution in [-0.2, 0) is 6.54 Å². The van der Waals surface area contributed by atoms with Crippen molar-refractivity contribution in [2.75, 3.05) is 63.1 Å². The SMILES string of the molecule is CN1CCN(c2ccccc2CNCC2(O)CN(C(O)c3ccc(F)c(F)c3Nc3ccc(I)cc3F)C2)CC1. The second-order valence-electron chi connectivity index (χ2n) is 10.6. The molecule has 0 saturated carbocycles. The molecule has 2 heterocycles. The molecule has 3 aromatic rings. The van der Waals surface area contributed by atoms with Crippen LogP contribution in [0.5, 0.6) is 0 Å². The molecule has 0 bridgehead atoms. The molecule has 1 unspecified atom stereocenters. The van der Waals surface area contributed by atoms with Crippen LogP contribution in [-0.4, -0.2) is 78.5 Å². The maximum absolute atomic E-state index is 14.8. The second kappa shape index (κ2) is 12.2. The fraction of sp³-hybridized carbons (Fsp3) is 0.379. The van der Waals surface area contributed by atoms with E-state index in [1.807, 2.05) is 34.7 Å². The molecule has 214 valence electrons. The van der Waals surface area contributed by atoms with E-state index in [4.69, 9.17) is 0 Å². The molecule has 11 heteroatoms. The number of aliphatic hydroxyl groups excluding tert-OH is 1. The highest BCUT2D eigenvalue weighted by Gasteiger charge is 2.44. The normalized spacial score (nSPS) is 18.4. The van der Waals surface area contributed by atoms with Crippen molar-refractivity contribution in [3.8, 4) is 0 Å². The van der Waals surface area contributed by atoms with Gasteiger partial charge in [0, 0.05) is 67.2 Å². The fourth-order valence-electron chi connectivity index (χ4n) is 5.27. The van der Waals surface area contributed by atoms with Gasteiger partial charge < -0.3 is 30.6 Å². The third-order valence-electron chi connectivity index (χ3n) is 7.54. The maximum Gasteiger partial charge on any atom is 0.182 e. The smallest absolute Gasteiger partial charge is 0.182 e. The van der Waals surface area contributed by atoms with E-state index >= 15 is 0 Å². The second-order valence-corrected chi connectivity index (χ2v) is 11.8. The number of rotatable bonds is 9. The fourth-order valence-corrected chi connectivity index (χ4v) is 5.72. The van der Waals surface area contributed by atoms with E-state index in [0.717, 1.165) is 37.8 Å². The monoisotopic (exact) mass is 667 g/mol. The van der Waals surface area contributed by atoms with Crippen LogP contribution in [0.2, 0.25) is 0 Å². The minimum Gasteiger partial charge on any atom is -0.386 e. The molecule has 2 fully saturated rings. The zero-order valence-electron chi connectivity index (χ0n) is 22.2. The highest BCUT2D eigenvalue weighted by molar-refractivity contribution is 14.1. The van der Waals surface area contributed by atoms with Gasteiger partial charge in [-0.05, 0) is 71.6 Å². The van der Waals surface area contributed by atoms with Crippen LogP contribution in [0, 0.1) is 21.0 Å². The third-order valence-corrected chi connectivity index (χ3v) is 8.21. The lowest BCUT2D eigenvalue weighted by Gasteiger charge is -2.49. The van der Waals surface area contributed by atoms with E-state index in [0.29, 0.717) is 16.7 Å². The molecular weight excluding hydrogens is 634 g/mol. The van der Waals surface area contributed by atoms with Gasteiger partial charge in [-0.1, -0.05) is 18.2 Å². The van der Waals surface area contributed by atoms with Gasteiger partial charge in [0.05, 0.1) is 11.4 Å². The number of hydrogen-bond acceptors (Lipinski definition) is 7. The lowest BCUT2D eigenvalue weighted by Crippen LogP contribution is -2.66. The highest BCUT2D eigenvalue weighted by Crippen LogP contribution is 2.36. The number of nitrogens with zero attached hydrogens (tertiary/aromatic N) is 3. The molecule has 40 heavy (non-hydrogen) atoms. The van der Waals surface area contributed by atoms with E-state index in [-0.39, 0.29) is 30.0 Å². The van der Waals surface area contributed by atoms with Gasteiger partial charge in [0.15, 0.2) is 11.6 Å². The Morgan fingerprint density at radius 1 is 0.975 bits per heavy atom. The zero-order chi connectivity index (χ0) is 28.4. The van der Waals surface area contributed by atoms with E-state index in [1.54, 1.807) is 11.0 Å². The molecule has 5 rings (SSSR count). The number of piperazine rings is 1. The Morgan fingerprint density at radius 3 is 2.42 bits per heavy atom. The molecule has 2 aliphatic rings. The number of β-amino-alcohol motifs (C(OH)–C–C–N with tert-alkyl or cyclic N) is 1. The number of likely N-dealkylation sites (tertiary alicyclic amines) is 1. The first-order chi connectivity index (χ1) is 19.1. The molecule has 2 saturated heterocycles. The van der Waals surface area contributed by atoms with Crippen molar-refractivity contribution in [3.63, 3.8) is 0 Å². The molecule has 4 N–H and O–H groups in total. The summed E-state index contributed by atoms with van der Waals surface area (Å²) in [7, 11) is 2.12. The summed E-state index contributed by atoms with van der Waals surface area (Å²) in [6.45, 7) is 5.05. The molecule has 1 atom stereocenters. The first-order valence-corrected chi connectivity index (χ1v) is 14.3. The lowest BCUT2D eigenvalue weighted by molar-refractivity contribution is -0.160. The summed E-state index contributed by atoms with van der Waals surface area (Å²) in [6, 6.07) is 14.7. The number of para-hydroxylation sites is 1. The van der Waals surface area contributed by atoms with E-state index in [1.165, 1.54) is 23.9 Å². The summed E-state index contributed by atoms with van der Waals surface area (Å²) in [5, 5.41) is 28.0. The summed E-state index contributed by atoms with van der Waals surface area (Å²) in [4.78, 5) is 6.24. The summed E-state index contributed by atoms with van der Waals surface area (Å²) in [6.07, 6.45) is -1.33. The average molecular weight is 668 g/mol. The number of benzene rings is 3. The molecule has 0 spiro atoms. The van der Waals surface area contributed by atoms with Crippen molar-refractivity contribution in [2.45, 2.75) is 18.4 Å². The largest absolute Gasteiger partial charge is 0.386 e. The Morgan fingerprint density at radius 2 is 1.70 bits per heavy atom. The number of nitrogens with one attached hydrogen (secondary N) is 2. The minimum absolute atomic E-state index is 0.0421. The summed E-state index contributed by atoms with van der Waals surface area (Å²) in [5.41, 5.74) is 0.892. The quantitative estimate of drug-likeness (QED) is 0.257. The number of halogens is 4. The Bertz CT molecular complexity index is 1350. The maximum atomic E-state index is 14.8. The molecule has 0 aromatic heterocycles. The number of hydrogen-bond donors (Lipinski definition) is 4. The molecule has 0 radical (unpaired) electrons. The van der Waals surface area contributed by atoms with Gasteiger partial charge in [0.25, 0.3) is 0 Å². The van der Waals surface area contributed by atoms with Crippen molar-refractivity contribution in [3.05, 3.63) is 86.7 Å². The predicted octanol–water partition coefficient (Wildman–Crippen LogP) is 4.03. The molecule has 3 aromatic carbocycles. The Hall–Kier alpha value is -2.42. The van der Waals surface area contributed by atoms with Gasteiger partial charge in [-0.15, -0.1) is 0 Å². The average Bonchev–Trinajstić information content (AvgIpc) is 2.91. The van der Waals surface area contributed by atoms with Crippen LogP contribution < -0.4 is 15.5 Å². The first kappa shape index (κ1) is 29.1. The summed E-state index contributed by atoms with van der Waals surface area (Å²) >= 11 is 1.95. The Kier molecular flexibility index (Phi) is 8.88. The van der Waals surface area contributed by atoms with Gasteiger partial charge in [-0.2, -0.15) is 0 Å². The summed E-state index contributed by atoms with van der Waals surface area (Å²) in [5.74, 6) is -2.97. The van der Waals surface area contributed by atoms with E-state index < -0.39 is 29.3 Å². The van der Waals surface area contributed by atoms with Gasteiger partial charge in [-0.25, -0.2) is 13.2 Å². The van der Waals surface area contributed by atoms with Gasteiger partial charge in [0.2, 0.25) is 0 Å². The van der Waals surface area contributed by atoms with Crippen LogP contribution in [0.4, 0.5) is 30.2 Å². The zero-order valence-corrected chi connectivity index (χ0v) is 24.3. The van der Waals surface area contributed by atoms with Crippen molar-refractivity contribution in [2.24, 2.45) is 0 Å². The lowest BCUT2D eigenvalue weighted by atomic mass is 9.92. The number of likely N-dealkylation sites (N-methyl/N-ethyl adjacent to an activating group) is 1. The van der Waals surface area contributed by atoms with Gasteiger partial charge >= 0.3 is 0 Å². The molecule has 2 aliphatic heterocycles. The van der Waals surface area contributed by atoms with E-state index in [2.05, 4.69) is 39.6 Å². The van der Waals surface area contributed by atoms with Crippen LogP contribution in [0.3, 0.4) is 0 Å². The van der Waals surface area contributed by atoms with Crippen molar-refractivity contribution in [1.82, 2.24) is 15.1 Å². The molecular formula is C29H33F3IN5O2. The van der Waals surface area contributed by atoms with Crippen LogP contribution in [0.1, 0.15) is 17.4 Å². The van der Waals surface area contributed by atoms with Crippen LogP contribution >= 0.6 is 22.6 Å². The van der Waals surface area contributed by atoms with Gasteiger partial charge in [0.1, 0.15) is 17.6 Å². The topological polar surface area (TPSA) is 74.2 Å². The van der Waals surface area contributed by atoms with Crippen molar-refractivity contribution >= 4 is 39.7 Å². The number of aliphatic hydroxyl groups is 2. The van der Waals surface area contributed by atoms with Crippen molar-refractivity contribution in [1.29, 1.82) is 0 Å². The summed E-state index contributed by atoms with van der Waals surface area (Å²) < 4.78 is 44.0. The Balaban J connectivity index is 1.21. The predicted molar refractivity (Wildman–Crippen MR) is 158 cm³/mol. The third kappa shape index (κ3) is 6.39. The standard InChI is InChI=1S/C29H33F3IN5O2/c1-36-10-12-37(13-11-36)25-5-3-2-4-19(25)15-34-16-29(40)17-38(18-29)28(39)21-7-8-22(30)26(32)27(21)35-24-9-6-20(33)14-23(24)31/h2-9,14,28,34-35,39-40H,10-13,15-18H2,1H3. The van der Waals surface area contributed by atoms with E-state index in [9.17, 15) is 23.4 Å².